The number of carbonyl (C=O) groups is 2. The Morgan fingerprint density at radius 2 is 0.811 bits per heavy atom. The number of esters is 1. The Balaban J connectivity index is 3.72. The first-order chi connectivity index (χ1) is 18.1. The highest BCUT2D eigenvalue weighted by Gasteiger charge is 2.14. The molecule has 0 spiro atoms. The van der Waals surface area contributed by atoms with Crippen molar-refractivity contribution in [3.8, 4) is 0 Å². The minimum atomic E-state index is -0.687. The van der Waals surface area contributed by atoms with Gasteiger partial charge in [-0.2, -0.15) is 0 Å². The van der Waals surface area contributed by atoms with Crippen LogP contribution in [0.1, 0.15) is 194 Å². The largest absolute Gasteiger partial charge is 0.481 e. The van der Waals surface area contributed by atoms with Gasteiger partial charge in [0.2, 0.25) is 0 Å². The van der Waals surface area contributed by atoms with Crippen LogP contribution in [0.25, 0.3) is 0 Å². The van der Waals surface area contributed by atoms with Crippen LogP contribution in [0.4, 0.5) is 0 Å². The van der Waals surface area contributed by atoms with Crippen LogP contribution in [0, 0.1) is 0 Å². The fourth-order valence-corrected chi connectivity index (χ4v) is 5.13. The van der Waals surface area contributed by atoms with Crippen LogP contribution >= 0.6 is 0 Å². The van der Waals surface area contributed by atoms with Gasteiger partial charge in [-0.15, -0.1) is 0 Å². The van der Waals surface area contributed by atoms with E-state index in [1.54, 1.807) is 0 Å². The molecule has 1 unspecified atom stereocenters. The van der Waals surface area contributed by atoms with Crippen LogP contribution < -0.4 is 0 Å². The zero-order valence-electron chi connectivity index (χ0n) is 25.0. The van der Waals surface area contributed by atoms with Gasteiger partial charge in [0.25, 0.3) is 0 Å². The van der Waals surface area contributed by atoms with Crippen molar-refractivity contribution in [2.24, 2.45) is 0 Å². The maximum absolute atomic E-state index is 12.4. The van der Waals surface area contributed by atoms with Crippen molar-refractivity contribution in [2.75, 3.05) is 0 Å². The predicted molar refractivity (Wildman–Crippen MR) is 158 cm³/mol. The Bertz CT molecular complexity index is 491. The summed E-state index contributed by atoms with van der Waals surface area (Å²) in [6.07, 6.45) is 32.8. The van der Waals surface area contributed by atoms with Gasteiger partial charge in [-0.1, -0.05) is 142 Å². The highest BCUT2D eigenvalue weighted by atomic mass is 16.5. The second-order valence-corrected chi connectivity index (χ2v) is 11.4. The van der Waals surface area contributed by atoms with Gasteiger partial charge in [0.15, 0.2) is 0 Å². The minimum Gasteiger partial charge on any atom is -0.481 e. The van der Waals surface area contributed by atoms with Gasteiger partial charge in [0, 0.05) is 12.8 Å². The van der Waals surface area contributed by atoms with Crippen molar-refractivity contribution < 1.29 is 19.4 Å². The molecule has 0 heterocycles. The standard InChI is InChI=1S/C33H64O4/c1-3-5-7-8-9-10-11-12-13-14-15-19-22-26-30-33(36)37-31(27-23-6-4-2)28-24-20-17-16-18-21-25-29-32(34)35/h31H,3-30H2,1-2H3,(H,34,35). The summed E-state index contributed by atoms with van der Waals surface area (Å²) in [5.74, 6) is -0.674. The number of ether oxygens (including phenoxy) is 1. The maximum Gasteiger partial charge on any atom is 0.306 e. The molecule has 0 bridgehead atoms. The summed E-state index contributed by atoms with van der Waals surface area (Å²) in [5, 5.41) is 8.69. The molecule has 0 aromatic rings. The molecule has 0 saturated carbocycles. The summed E-state index contributed by atoms with van der Waals surface area (Å²) in [6, 6.07) is 0. The first-order valence-electron chi connectivity index (χ1n) is 16.5. The van der Waals surface area contributed by atoms with Gasteiger partial charge in [-0.05, 0) is 38.5 Å². The van der Waals surface area contributed by atoms with E-state index in [0.29, 0.717) is 12.8 Å². The zero-order chi connectivity index (χ0) is 27.2. The highest BCUT2D eigenvalue weighted by molar-refractivity contribution is 5.69. The number of hydrogen-bond acceptors (Lipinski definition) is 3. The summed E-state index contributed by atoms with van der Waals surface area (Å²) >= 11 is 0. The SMILES string of the molecule is CCCCCCCCCCCCCCCCC(=O)OC(CCCCC)CCCCCCCCCC(=O)O. The van der Waals surface area contributed by atoms with Crippen LogP contribution in [-0.4, -0.2) is 23.1 Å². The van der Waals surface area contributed by atoms with Gasteiger partial charge in [0.1, 0.15) is 6.10 Å². The molecule has 0 aliphatic rings. The number of carbonyl (C=O) groups excluding carboxylic acids is 1. The number of carboxylic acid groups (broad SMARTS) is 1. The minimum absolute atomic E-state index is 0.0128. The Morgan fingerprint density at radius 1 is 0.486 bits per heavy atom. The van der Waals surface area contributed by atoms with Gasteiger partial charge in [-0.3, -0.25) is 9.59 Å². The molecule has 0 aromatic heterocycles. The second kappa shape index (κ2) is 29.5. The lowest BCUT2D eigenvalue weighted by atomic mass is 10.0. The van der Waals surface area contributed by atoms with Gasteiger partial charge < -0.3 is 9.84 Å². The van der Waals surface area contributed by atoms with E-state index in [-0.39, 0.29) is 12.1 Å². The maximum atomic E-state index is 12.4. The molecule has 0 rings (SSSR count). The normalized spacial score (nSPS) is 12.1. The predicted octanol–water partition coefficient (Wildman–Crippen LogP) is 10.9. The lowest BCUT2D eigenvalue weighted by molar-refractivity contribution is -0.150. The third-order valence-electron chi connectivity index (χ3n) is 7.58. The first-order valence-corrected chi connectivity index (χ1v) is 16.5. The Hall–Kier alpha value is -1.06. The van der Waals surface area contributed by atoms with Crippen LogP contribution in [-0.2, 0) is 14.3 Å². The third kappa shape index (κ3) is 29.4. The molecule has 0 aromatic carbocycles. The third-order valence-corrected chi connectivity index (χ3v) is 7.58. The molecule has 220 valence electrons. The number of rotatable bonds is 30. The summed E-state index contributed by atoms with van der Waals surface area (Å²) in [4.78, 5) is 23.0. The highest BCUT2D eigenvalue weighted by Crippen LogP contribution is 2.18. The summed E-state index contributed by atoms with van der Waals surface area (Å²) in [5.41, 5.74) is 0. The lowest BCUT2D eigenvalue weighted by Crippen LogP contribution is -2.18. The topological polar surface area (TPSA) is 63.6 Å². The molecule has 0 aliphatic carbocycles. The van der Waals surface area contributed by atoms with E-state index < -0.39 is 5.97 Å². The Labute approximate surface area is 231 Å². The van der Waals surface area contributed by atoms with E-state index in [0.717, 1.165) is 57.8 Å². The molecule has 0 radical (unpaired) electrons. The molecule has 0 fully saturated rings. The van der Waals surface area contributed by atoms with Crippen LogP contribution in [0.2, 0.25) is 0 Å². The average Bonchev–Trinajstić information content (AvgIpc) is 2.87. The van der Waals surface area contributed by atoms with Crippen LogP contribution in [0.15, 0.2) is 0 Å². The number of carboxylic acids is 1. The smallest absolute Gasteiger partial charge is 0.306 e. The molecule has 4 heteroatoms. The molecule has 0 aliphatic heterocycles. The number of aliphatic carboxylic acids is 1. The van der Waals surface area contributed by atoms with E-state index in [1.165, 1.54) is 109 Å². The fourth-order valence-electron chi connectivity index (χ4n) is 5.13. The number of hydrogen-bond donors (Lipinski definition) is 1. The van der Waals surface area contributed by atoms with Crippen molar-refractivity contribution in [1.29, 1.82) is 0 Å². The Kier molecular flexibility index (Phi) is 28.7. The van der Waals surface area contributed by atoms with E-state index >= 15 is 0 Å². The average molecular weight is 525 g/mol. The molecule has 37 heavy (non-hydrogen) atoms. The molecular formula is C33H64O4. The summed E-state index contributed by atoms with van der Waals surface area (Å²) < 4.78 is 5.90. The van der Waals surface area contributed by atoms with Crippen molar-refractivity contribution in [1.82, 2.24) is 0 Å². The van der Waals surface area contributed by atoms with Crippen molar-refractivity contribution in [3.05, 3.63) is 0 Å². The molecule has 0 saturated heterocycles. The van der Waals surface area contributed by atoms with Crippen molar-refractivity contribution >= 4 is 11.9 Å². The van der Waals surface area contributed by atoms with Gasteiger partial charge in [-0.25, -0.2) is 0 Å². The monoisotopic (exact) mass is 524 g/mol. The van der Waals surface area contributed by atoms with Crippen molar-refractivity contribution in [2.45, 2.75) is 200 Å². The summed E-state index contributed by atoms with van der Waals surface area (Å²) in [6.45, 7) is 4.49. The van der Waals surface area contributed by atoms with E-state index in [1.807, 2.05) is 0 Å². The van der Waals surface area contributed by atoms with Gasteiger partial charge in [0.05, 0.1) is 0 Å². The summed E-state index contributed by atoms with van der Waals surface area (Å²) in [7, 11) is 0. The number of unbranched alkanes of at least 4 members (excludes halogenated alkanes) is 21. The molecule has 0 amide bonds. The lowest BCUT2D eigenvalue weighted by Gasteiger charge is -2.18. The van der Waals surface area contributed by atoms with Crippen LogP contribution in [0.5, 0.6) is 0 Å². The first kappa shape index (κ1) is 35.9. The van der Waals surface area contributed by atoms with E-state index in [9.17, 15) is 9.59 Å². The molecule has 1 N–H and O–H groups in total. The molecule has 4 nitrogen and oxygen atoms in total. The fraction of sp³-hybridized carbons (Fsp3) is 0.939. The molecule has 1 atom stereocenters. The van der Waals surface area contributed by atoms with Crippen molar-refractivity contribution in [3.63, 3.8) is 0 Å². The quantitative estimate of drug-likeness (QED) is 0.0749. The van der Waals surface area contributed by atoms with E-state index in [2.05, 4.69) is 13.8 Å². The van der Waals surface area contributed by atoms with Crippen LogP contribution in [0.3, 0.4) is 0 Å². The molecular weight excluding hydrogens is 460 g/mol. The Morgan fingerprint density at radius 3 is 1.24 bits per heavy atom. The van der Waals surface area contributed by atoms with Gasteiger partial charge >= 0.3 is 11.9 Å². The zero-order valence-corrected chi connectivity index (χ0v) is 25.0. The van der Waals surface area contributed by atoms with E-state index in [4.69, 9.17) is 9.84 Å². The second-order valence-electron chi connectivity index (χ2n) is 11.4.